The van der Waals surface area contributed by atoms with E-state index in [1.54, 1.807) is 0 Å². The van der Waals surface area contributed by atoms with Crippen molar-refractivity contribution in [2.75, 3.05) is 7.05 Å². The molecule has 0 heterocycles. The molecular formula is C23H23NO. The average molecular weight is 329 g/mol. The largest absolute Gasteiger partial charge is 0.341 e. The number of benzene rings is 3. The van der Waals surface area contributed by atoms with Crippen molar-refractivity contribution >= 4 is 5.91 Å². The second-order valence-electron chi connectivity index (χ2n) is 6.43. The zero-order valence-electron chi connectivity index (χ0n) is 14.7. The number of hydrogen-bond donors (Lipinski definition) is 0. The second-order valence-corrected chi connectivity index (χ2v) is 6.43. The maximum absolute atomic E-state index is 13.2. The molecule has 0 radical (unpaired) electrons. The van der Waals surface area contributed by atoms with E-state index in [-0.39, 0.29) is 11.8 Å². The number of carbonyl (C=O) groups is 1. The molecule has 0 aliphatic heterocycles. The Kier molecular flexibility index (Phi) is 5.30. The summed E-state index contributed by atoms with van der Waals surface area (Å²) in [6, 6.07) is 28.3. The highest BCUT2D eigenvalue weighted by Crippen LogP contribution is 2.27. The molecule has 3 aromatic rings. The van der Waals surface area contributed by atoms with Gasteiger partial charge in [0.25, 0.3) is 0 Å². The van der Waals surface area contributed by atoms with Gasteiger partial charge in [-0.25, -0.2) is 0 Å². The summed E-state index contributed by atoms with van der Waals surface area (Å²) in [7, 11) is 1.88. The molecule has 3 rings (SSSR count). The monoisotopic (exact) mass is 329 g/mol. The molecule has 3 aromatic carbocycles. The van der Waals surface area contributed by atoms with Crippen LogP contribution in [-0.2, 0) is 11.3 Å². The van der Waals surface area contributed by atoms with E-state index in [1.165, 1.54) is 5.56 Å². The SMILES string of the molecule is Cc1ccc(CN(C)C(=O)C(c2ccccc2)c2ccccc2)cc1. The summed E-state index contributed by atoms with van der Waals surface area (Å²) in [5, 5.41) is 0. The number of aryl methyl sites for hydroxylation is 1. The Morgan fingerprint density at radius 2 is 1.28 bits per heavy atom. The number of nitrogens with zero attached hydrogens (tertiary/aromatic N) is 1. The van der Waals surface area contributed by atoms with E-state index in [2.05, 4.69) is 31.2 Å². The molecule has 2 nitrogen and oxygen atoms in total. The summed E-state index contributed by atoms with van der Waals surface area (Å²) in [4.78, 5) is 15.1. The van der Waals surface area contributed by atoms with E-state index in [0.29, 0.717) is 6.54 Å². The quantitative estimate of drug-likeness (QED) is 0.659. The van der Waals surface area contributed by atoms with Crippen molar-refractivity contribution in [3.63, 3.8) is 0 Å². The van der Waals surface area contributed by atoms with Gasteiger partial charge >= 0.3 is 0 Å². The minimum Gasteiger partial charge on any atom is -0.341 e. The van der Waals surface area contributed by atoms with Crippen LogP contribution < -0.4 is 0 Å². The van der Waals surface area contributed by atoms with Gasteiger partial charge in [-0.05, 0) is 23.6 Å². The fraction of sp³-hybridized carbons (Fsp3) is 0.174. The Balaban J connectivity index is 1.87. The van der Waals surface area contributed by atoms with Crippen molar-refractivity contribution < 1.29 is 4.79 Å². The van der Waals surface area contributed by atoms with Crippen LogP contribution >= 0.6 is 0 Å². The van der Waals surface area contributed by atoms with E-state index in [9.17, 15) is 4.79 Å². The molecule has 0 aliphatic carbocycles. The molecule has 0 unspecified atom stereocenters. The summed E-state index contributed by atoms with van der Waals surface area (Å²) >= 11 is 0. The standard InChI is InChI=1S/C23H23NO/c1-18-13-15-19(16-14-18)17-24(2)23(25)22(20-9-5-3-6-10-20)21-11-7-4-8-12-21/h3-16,22H,17H2,1-2H3. The van der Waals surface area contributed by atoms with Crippen LogP contribution in [0.5, 0.6) is 0 Å². The van der Waals surface area contributed by atoms with E-state index >= 15 is 0 Å². The third kappa shape index (κ3) is 4.16. The van der Waals surface area contributed by atoms with E-state index < -0.39 is 0 Å². The molecule has 0 aromatic heterocycles. The van der Waals surface area contributed by atoms with Crippen LogP contribution in [-0.4, -0.2) is 17.9 Å². The van der Waals surface area contributed by atoms with Crippen LogP contribution in [0.15, 0.2) is 84.9 Å². The molecule has 126 valence electrons. The van der Waals surface area contributed by atoms with Gasteiger partial charge < -0.3 is 4.90 Å². The van der Waals surface area contributed by atoms with Crippen molar-refractivity contribution in [1.82, 2.24) is 4.90 Å². The van der Waals surface area contributed by atoms with Crippen molar-refractivity contribution in [2.24, 2.45) is 0 Å². The van der Waals surface area contributed by atoms with E-state index in [4.69, 9.17) is 0 Å². The van der Waals surface area contributed by atoms with Gasteiger partial charge in [0.15, 0.2) is 0 Å². The third-order valence-corrected chi connectivity index (χ3v) is 4.43. The lowest BCUT2D eigenvalue weighted by Gasteiger charge is -2.25. The minimum atomic E-state index is -0.280. The Morgan fingerprint density at radius 1 is 0.800 bits per heavy atom. The van der Waals surface area contributed by atoms with E-state index in [0.717, 1.165) is 16.7 Å². The van der Waals surface area contributed by atoms with Crippen LogP contribution in [0.2, 0.25) is 0 Å². The zero-order valence-corrected chi connectivity index (χ0v) is 14.7. The molecule has 0 aliphatic rings. The summed E-state index contributed by atoms with van der Waals surface area (Å²) in [5.74, 6) is -0.171. The van der Waals surface area contributed by atoms with Gasteiger partial charge in [-0.3, -0.25) is 4.79 Å². The van der Waals surface area contributed by atoms with Crippen LogP contribution in [0.1, 0.15) is 28.2 Å². The first-order valence-corrected chi connectivity index (χ1v) is 8.55. The highest BCUT2D eigenvalue weighted by atomic mass is 16.2. The van der Waals surface area contributed by atoms with Crippen molar-refractivity contribution in [3.05, 3.63) is 107 Å². The molecule has 0 bridgehead atoms. The highest BCUT2D eigenvalue weighted by molar-refractivity contribution is 5.87. The lowest BCUT2D eigenvalue weighted by Crippen LogP contribution is -2.32. The molecule has 0 saturated carbocycles. The molecule has 0 fully saturated rings. The maximum Gasteiger partial charge on any atom is 0.234 e. The molecule has 0 atom stereocenters. The molecule has 0 spiro atoms. The fourth-order valence-electron chi connectivity index (χ4n) is 3.03. The average Bonchev–Trinajstić information content (AvgIpc) is 2.65. The van der Waals surface area contributed by atoms with Crippen LogP contribution in [0.4, 0.5) is 0 Å². The summed E-state index contributed by atoms with van der Waals surface area (Å²) in [5.41, 5.74) is 4.41. The van der Waals surface area contributed by atoms with Gasteiger partial charge in [0.1, 0.15) is 0 Å². The lowest BCUT2D eigenvalue weighted by atomic mass is 9.90. The van der Waals surface area contributed by atoms with Gasteiger partial charge in [-0.15, -0.1) is 0 Å². The Morgan fingerprint density at radius 3 is 1.76 bits per heavy atom. The van der Waals surface area contributed by atoms with Gasteiger partial charge in [-0.1, -0.05) is 90.5 Å². The molecular weight excluding hydrogens is 306 g/mol. The Hall–Kier alpha value is -2.87. The number of rotatable bonds is 5. The fourth-order valence-corrected chi connectivity index (χ4v) is 3.03. The van der Waals surface area contributed by atoms with Crippen LogP contribution in [0, 0.1) is 6.92 Å². The number of likely N-dealkylation sites (N-methyl/N-ethyl adjacent to an activating group) is 1. The normalized spacial score (nSPS) is 10.7. The number of amides is 1. The first kappa shape index (κ1) is 17.0. The van der Waals surface area contributed by atoms with Crippen molar-refractivity contribution in [2.45, 2.75) is 19.4 Å². The predicted octanol–water partition coefficient (Wildman–Crippen LogP) is 4.79. The smallest absolute Gasteiger partial charge is 0.234 e. The Labute approximate surface area is 149 Å². The molecule has 1 amide bonds. The zero-order chi connectivity index (χ0) is 17.6. The Bertz CT molecular complexity index is 770. The van der Waals surface area contributed by atoms with E-state index in [1.807, 2.05) is 72.6 Å². The van der Waals surface area contributed by atoms with Crippen molar-refractivity contribution in [3.8, 4) is 0 Å². The number of hydrogen-bond acceptors (Lipinski definition) is 1. The van der Waals surface area contributed by atoms with Crippen LogP contribution in [0.25, 0.3) is 0 Å². The lowest BCUT2D eigenvalue weighted by molar-refractivity contribution is -0.131. The maximum atomic E-state index is 13.2. The molecule has 2 heteroatoms. The topological polar surface area (TPSA) is 20.3 Å². The highest BCUT2D eigenvalue weighted by Gasteiger charge is 2.25. The summed E-state index contributed by atoms with van der Waals surface area (Å²) < 4.78 is 0. The first-order valence-electron chi connectivity index (χ1n) is 8.55. The minimum absolute atomic E-state index is 0.109. The summed E-state index contributed by atoms with van der Waals surface area (Å²) in [6.45, 7) is 2.68. The van der Waals surface area contributed by atoms with Gasteiger partial charge in [0.05, 0.1) is 5.92 Å². The first-order chi connectivity index (χ1) is 12.1. The summed E-state index contributed by atoms with van der Waals surface area (Å²) in [6.07, 6.45) is 0. The second kappa shape index (κ2) is 7.80. The molecule has 0 N–H and O–H groups in total. The van der Waals surface area contributed by atoms with Gasteiger partial charge in [0, 0.05) is 13.6 Å². The molecule has 0 saturated heterocycles. The third-order valence-electron chi connectivity index (χ3n) is 4.43. The predicted molar refractivity (Wildman–Crippen MR) is 102 cm³/mol. The van der Waals surface area contributed by atoms with Crippen LogP contribution in [0.3, 0.4) is 0 Å². The molecule has 25 heavy (non-hydrogen) atoms. The van der Waals surface area contributed by atoms with Crippen molar-refractivity contribution in [1.29, 1.82) is 0 Å². The van der Waals surface area contributed by atoms with Gasteiger partial charge in [-0.2, -0.15) is 0 Å². The van der Waals surface area contributed by atoms with Gasteiger partial charge in [0.2, 0.25) is 5.91 Å². The number of carbonyl (C=O) groups excluding carboxylic acids is 1.